The molecule has 0 saturated heterocycles. The summed E-state index contributed by atoms with van der Waals surface area (Å²) in [4.78, 5) is 8.81. The molecule has 4 heteroatoms. The first-order valence-corrected chi connectivity index (χ1v) is 7.13. The van der Waals surface area contributed by atoms with Crippen LogP contribution in [-0.4, -0.2) is 14.5 Å². The lowest BCUT2D eigenvalue weighted by atomic mass is 10.2. The van der Waals surface area contributed by atoms with Crippen LogP contribution in [0.2, 0.25) is 5.15 Å². The number of nitrogens with zero attached hydrogens (tertiary/aromatic N) is 3. The summed E-state index contributed by atoms with van der Waals surface area (Å²) in [6.07, 6.45) is 0.943. The summed E-state index contributed by atoms with van der Waals surface area (Å²) in [5, 5.41) is 1.47. The predicted molar refractivity (Wildman–Crippen MR) is 82.2 cm³/mol. The topological polar surface area (TPSA) is 30.7 Å². The number of fused-ring (bicyclic) bond motifs is 1. The maximum Gasteiger partial charge on any atom is 0.145 e. The first kappa shape index (κ1) is 13.1. The first-order chi connectivity index (χ1) is 9.69. The molecule has 0 unspecified atom stereocenters. The van der Waals surface area contributed by atoms with Crippen molar-refractivity contribution in [3.8, 4) is 0 Å². The molecule has 20 heavy (non-hydrogen) atoms. The molecular weight excluding hydrogens is 270 g/mol. The number of aromatic nitrogens is 3. The minimum Gasteiger partial charge on any atom is -0.325 e. The molecule has 0 aliphatic rings. The second-order valence-corrected chi connectivity index (χ2v) is 5.22. The van der Waals surface area contributed by atoms with Crippen LogP contribution in [0.25, 0.3) is 11.0 Å². The number of hydrogen-bond donors (Lipinski definition) is 0. The number of halogens is 1. The van der Waals surface area contributed by atoms with Crippen molar-refractivity contribution in [2.45, 2.75) is 26.8 Å². The highest BCUT2D eigenvalue weighted by atomic mass is 35.5. The molecule has 0 aliphatic heterocycles. The third kappa shape index (κ3) is 2.29. The van der Waals surface area contributed by atoms with Crippen LogP contribution in [0.15, 0.2) is 36.4 Å². The van der Waals surface area contributed by atoms with Crippen LogP contribution in [0, 0.1) is 6.92 Å². The largest absolute Gasteiger partial charge is 0.325 e. The monoisotopic (exact) mass is 285 g/mol. The number of benzene rings is 1. The zero-order valence-electron chi connectivity index (χ0n) is 11.6. The Morgan fingerprint density at radius 1 is 1.15 bits per heavy atom. The molecule has 0 bridgehead atoms. The summed E-state index contributed by atoms with van der Waals surface area (Å²) >= 11 is 6.24. The molecule has 2 heterocycles. The molecule has 0 spiro atoms. The normalized spacial score (nSPS) is 11.2. The van der Waals surface area contributed by atoms with Gasteiger partial charge < -0.3 is 4.57 Å². The second-order valence-electron chi connectivity index (χ2n) is 4.86. The van der Waals surface area contributed by atoms with Crippen molar-refractivity contribution in [3.63, 3.8) is 0 Å². The van der Waals surface area contributed by atoms with E-state index in [1.54, 1.807) is 0 Å². The smallest absolute Gasteiger partial charge is 0.145 e. The van der Waals surface area contributed by atoms with Gasteiger partial charge in [-0.1, -0.05) is 48.9 Å². The SMILES string of the molecule is CCc1cc2c(Cl)nc(C)nc2n1Cc1ccccc1. The van der Waals surface area contributed by atoms with Crippen LogP contribution in [0.3, 0.4) is 0 Å². The highest BCUT2D eigenvalue weighted by Gasteiger charge is 2.13. The molecule has 0 aliphatic carbocycles. The van der Waals surface area contributed by atoms with E-state index in [4.69, 9.17) is 11.6 Å². The van der Waals surface area contributed by atoms with Gasteiger partial charge in [0.05, 0.1) is 5.39 Å². The molecule has 102 valence electrons. The molecule has 3 rings (SSSR count). The molecular formula is C16H16ClN3. The van der Waals surface area contributed by atoms with Gasteiger partial charge in [0.1, 0.15) is 16.6 Å². The summed E-state index contributed by atoms with van der Waals surface area (Å²) in [5.41, 5.74) is 3.40. The van der Waals surface area contributed by atoms with Crippen molar-refractivity contribution >= 4 is 22.6 Å². The van der Waals surface area contributed by atoms with E-state index in [1.165, 1.54) is 11.3 Å². The van der Waals surface area contributed by atoms with Gasteiger partial charge in [0.25, 0.3) is 0 Å². The van der Waals surface area contributed by atoms with Gasteiger partial charge in [0, 0.05) is 12.2 Å². The van der Waals surface area contributed by atoms with E-state index in [1.807, 2.05) is 13.0 Å². The summed E-state index contributed by atoms with van der Waals surface area (Å²) in [5.74, 6) is 0.706. The Kier molecular flexibility index (Phi) is 3.45. The van der Waals surface area contributed by atoms with Crippen molar-refractivity contribution in [2.24, 2.45) is 0 Å². The lowest BCUT2D eigenvalue weighted by Gasteiger charge is -2.09. The third-order valence-electron chi connectivity index (χ3n) is 3.45. The minimum absolute atomic E-state index is 0.536. The van der Waals surface area contributed by atoms with Gasteiger partial charge in [0.15, 0.2) is 0 Å². The highest BCUT2D eigenvalue weighted by Crippen LogP contribution is 2.25. The fourth-order valence-corrected chi connectivity index (χ4v) is 2.74. The van der Waals surface area contributed by atoms with E-state index in [0.29, 0.717) is 11.0 Å². The fraction of sp³-hybridized carbons (Fsp3) is 0.250. The number of hydrogen-bond acceptors (Lipinski definition) is 2. The molecule has 1 aromatic carbocycles. The van der Waals surface area contributed by atoms with E-state index in [0.717, 1.165) is 24.0 Å². The van der Waals surface area contributed by atoms with Crippen molar-refractivity contribution in [1.82, 2.24) is 14.5 Å². The Labute approximate surface area is 123 Å². The van der Waals surface area contributed by atoms with Gasteiger partial charge in [-0.2, -0.15) is 0 Å². The quantitative estimate of drug-likeness (QED) is 0.681. The minimum atomic E-state index is 0.536. The summed E-state index contributed by atoms with van der Waals surface area (Å²) in [6.45, 7) is 4.82. The van der Waals surface area contributed by atoms with Crippen molar-refractivity contribution in [3.05, 3.63) is 58.6 Å². The Bertz CT molecular complexity index is 747. The van der Waals surface area contributed by atoms with Gasteiger partial charge >= 0.3 is 0 Å². The average molecular weight is 286 g/mol. The third-order valence-corrected chi connectivity index (χ3v) is 3.74. The van der Waals surface area contributed by atoms with E-state index >= 15 is 0 Å². The zero-order valence-corrected chi connectivity index (χ0v) is 12.4. The van der Waals surface area contributed by atoms with Gasteiger partial charge in [-0.05, 0) is 25.0 Å². The van der Waals surface area contributed by atoms with E-state index in [-0.39, 0.29) is 0 Å². The van der Waals surface area contributed by atoms with Gasteiger partial charge in [-0.25, -0.2) is 9.97 Å². The van der Waals surface area contributed by atoms with Gasteiger partial charge in [-0.15, -0.1) is 0 Å². The zero-order chi connectivity index (χ0) is 14.1. The molecule has 0 amide bonds. The van der Waals surface area contributed by atoms with Crippen molar-refractivity contribution in [2.75, 3.05) is 0 Å². The van der Waals surface area contributed by atoms with E-state index < -0.39 is 0 Å². The highest BCUT2D eigenvalue weighted by molar-refractivity contribution is 6.34. The second kappa shape index (κ2) is 5.25. The van der Waals surface area contributed by atoms with Crippen molar-refractivity contribution in [1.29, 1.82) is 0 Å². The Balaban J connectivity index is 2.17. The van der Waals surface area contributed by atoms with Crippen molar-refractivity contribution < 1.29 is 0 Å². The average Bonchev–Trinajstić information content (AvgIpc) is 2.78. The Morgan fingerprint density at radius 2 is 1.90 bits per heavy atom. The summed E-state index contributed by atoms with van der Waals surface area (Å²) in [7, 11) is 0. The summed E-state index contributed by atoms with van der Waals surface area (Å²) in [6, 6.07) is 12.5. The lowest BCUT2D eigenvalue weighted by molar-refractivity contribution is 0.765. The molecule has 0 saturated carbocycles. The van der Waals surface area contributed by atoms with Crippen LogP contribution in [0.5, 0.6) is 0 Å². The molecule has 2 aromatic heterocycles. The van der Waals surface area contributed by atoms with Gasteiger partial charge in [0.2, 0.25) is 0 Å². The van der Waals surface area contributed by atoms with Gasteiger partial charge in [-0.3, -0.25) is 0 Å². The fourth-order valence-electron chi connectivity index (χ4n) is 2.48. The molecule has 0 radical (unpaired) electrons. The van der Waals surface area contributed by atoms with Crippen LogP contribution >= 0.6 is 11.6 Å². The van der Waals surface area contributed by atoms with Crippen LogP contribution in [0.1, 0.15) is 24.0 Å². The first-order valence-electron chi connectivity index (χ1n) is 6.75. The maximum atomic E-state index is 6.24. The molecule has 0 atom stereocenters. The molecule has 0 N–H and O–H groups in total. The molecule has 3 aromatic rings. The van der Waals surface area contributed by atoms with Crippen LogP contribution in [-0.2, 0) is 13.0 Å². The van der Waals surface area contributed by atoms with E-state index in [9.17, 15) is 0 Å². The van der Waals surface area contributed by atoms with E-state index in [2.05, 4.69) is 51.8 Å². The molecule has 3 nitrogen and oxygen atoms in total. The van der Waals surface area contributed by atoms with Crippen LogP contribution < -0.4 is 0 Å². The lowest BCUT2D eigenvalue weighted by Crippen LogP contribution is -2.05. The Morgan fingerprint density at radius 3 is 2.60 bits per heavy atom. The predicted octanol–water partition coefficient (Wildman–Crippen LogP) is 4.00. The Hall–Kier alpha value is -1.87. The number of rotatable bonds is 3. The standard InChI is InChI=1S/C16H16ClN3/c1-3-13-9-14-15(17)18-11(2)19-16(14)20(13)10-12-7-5-4-6-8-12/h4-9H,3,10H2,1-2H3. The summed E-state index contributed by atoms with van der Waals surface area (Å²) < 4.78 is 2.23. The molecule has 0 fully saturated rings. The maximum absolute atomic E-state index is 6.24. The number of aryl methyl sites for hydroxylation is 2. The van der Waals surface area contributed by atoms with Crippen LogP contribution in [0.4, 0.5) is 0 Å².